The third kappa shape index (κ3) is 5.94. The van der Waals surface area contributed by atoms with Crippen LogP contribution in [0.5, 0.6) is 0 Å². The minimum Gasteiger partial charge on any atom is -0.325 e. The van der Waals surface area contributed by atoms with Crippen molar-refractivity contribution in [3.63, 3.8) is 0 Å². The fourth-order valence-electron chi connectivity index (χ4n) is 2.58. The predicted molar refractivity (Wildman–Crippen MR) is 123 cm³/mol. The van der Waals surface area contributed by atoms with Gasteiger partial charge in [-0.3, -0.25) is 9.52 Å². The lowest BCUT2D eigenvalue weighted by atomic mass is 10.0. The van der Waals surface area contributed by atoms with E-state index in [1.54, 1.807) is 25.1 Å². The van der Waals surface area contributed by atoms with Gasteiger partial charge in [-0.25, -0.2) is 13.4 Å². The molecule has 0 aliphatic heterocycles. The van der Waals surface area contributed by atoms with E-state index >= 15 is 0 Å². The molecule has 1 heterocycles. The molecule has 3 rings (SSSR count). The number of rotatable bonds is 8. The van der Waals surface area contributed by atoms with Crippen LogP contribution in [-0.4, -0.2) is 30.8 Å². The number of thioether (sulfide) groups is 1. The molecule has 0 unspecified atom stereocenters. The van der Waals surface area contributed by atoms with Gasteiger partial charge in [0.15, 0.2) is 4.34 Å². The molecule has 3 aromatic rings. The molecule has 0 atom stereocenters. The molecule has 0 aliphatic carbocycles. The summed E-state index contributed by atoms with van der Waals surface area (Å²) in [6.45, 7) is 5.82. The van der Waals surface area contributed by atoms with Crippen molar-refractivity contribution < 1.29 is 13.2 Å². The van der Waals surface area contributed by atoms with Gasteiger partial charge in [-0.1, -0.05) is 37.7 Å². The fraction of sp³-hybridized carbons (Fsp3) is 0.300. The average Bonchev–Trinajstić information content (AvgIpc) is 3.08. The summed E-state index contributed by atoms with van der Waals surface area (Å²) in [5, 5.41) is 2.92. The highest BCUT2D eigenvalue weighted by Gasteiger charge is 2.11. The number of benzene rings is 2. The van der Waals surface area contributed by atoms with Crippen LogP contribution >= 0.6 is 23.1 Å². The van der Waals surface area contributed by atoms with Crippen LogP contribution in [0.1, 0.15) is 32.3 Å². The number of sulfonamides is 1. The summed E-state index contributed by atoms with van der Waals surface area (Å²) in [5.41, 5.74) is 3.26. The van der Waals surface area contributed by atoms with Crippen molar-refractivity contribution in [2.75, 3.05) is 21.5 Å². The molecule has 29 heavy (non-hydrogen) atoms. The van der Waals surface area contributed by atoms with E-state index in [0.717, 1.165) is 20.2 Å². The molecule has 0 spiro atoms. The topological polar surface area (TPSA) is 88.2 Å². The van der Waals surface area contributed by atoms with Crippen LogP contribution in [0.2, 0.25) is 0 Å². The Balaban J connectivity index is 1.63. The highest BCUT2D eigenvalue weighted by Crippen LogP contribution is 2.31. The maximum Gasteiger partial charge on any atom is 0.234 e. The quantitative estimate of drug-likeness (QED) is 0.477. The first-order valence-electron chi connectivity index (χ1n) is 9.19. The SMILES string of the molecule is CCS(=O)(=O)Nc1ccc2nc(SCC(=O)Nc3cccc(C(C)C)c3)sc2c1. The summed E-state index contributed by atoms with van der Waals surface area (Å²) in [4.78, 5) is 16.8. The Hall–Kier alpha value is -2.10. The van der Waals surface area contributed by atoms with Crippen LogP contribution in [0, 0.1) is 0 Å². The van der Waals surface area contributed by atoms with E-state index in [1.807, 2.05) is 24.3 Å². The number of fused-ring (bicyclic) bond motifs is 1. The largest absolute Gasteiger partial charge is 0.325 e. The molecular formula is C20H23N3O3S3. The Morgan fingerprint density at radius 2 is 1.97 bits per heavy atom. The van der Waals surface area contributed by atoms with Gasteiger partial charge < -0.3 is 5.32 Å². The van der Waals surface area contributed by atoms with E-state index < -0.39 is 10.0 Å². The minimum atomic E-state index is -3.32. The van der Waals surface area contributed by atoms with E-state index in [1.165, 1.54) is 28.7 Å². The minimum absolute atomic E-state index is 0.0179. The zero-order chi connectivity index (χ0) is 21.0. The van der Waals surface area contributed by atoms with Crippen molar-refractivity contribution in [3.8, 4) is 0 Å². The molecule has 154 valence electrons. The Labute approximate surface area is 179 Å². The Bertz CT molecular complexity index is 1120. The number of anilines is 2. The molecule has 1 aromatic heterocycles. The van der Waals surface area contributed by atoms with Crippen LogP contribution in [0.25, 0.3) is 10.2 Å². The lowest BCUT2D eigenvalue weighted by Gasteiger charge is -2.09. The van der Waals surface area contributed by atoms with Gasteiger partial charge in [0, 0.05) is 5.69 Å². The second kappa shape index (κ2) is 9.15. The first-order chi connectivity index (χ1) is 13.8. The highest BCUT2D eigenvalue weighted by atomic mass is 32.2. The summed E-state index contributed by atoms with van der Waals surface area (Å²) < 4.78 is 27.6. The number of aromatic nitrogens is 1. The van der Waals surface area contributed by atoms with Gasteiger partial charge in [0.25, 0.3) is 0 Å². The summed E-state index contributed by atoms with van der Waals surface area (Å²) >= 11 is 2.80. The van der Waals surface area contributed by atoms with Gasteiger partial charge in [-0.05, 0) is 48.7 Å². The number of nitrogens with one attached hydrogen (secondary N) is 2. The molecule has 6 nitrogen and oxygen atoms in total. The molecule has 2 N–H and O–H groups in total. The van der Waals surface area contributed by atoms with Crippen LogP contribution in [0.4, 0.5) is 11.4 Å². The van der Waals surface area contributed by atoms with Gasteiger partial charge in [-0.15, -0.1) is 11.3 Å². The van der Waals surface area contributed by atoms with Gasteiger partial charge in [0.05, 0.1) is 27.4 Å². The predicted octanol–water partition coefficient (Wildman–Crippen LogP) is 4.91. The summed E-state index contributed by atoms with van der Waals surface area (Å²) in [6.07, 6.45) is 0. The van der Waals surface area contributed by atoms with Crippen LogP contribution in [-0.2, 0) is 14.8 Å². The molecule has 2 aromatic carbocycles. The molecule has 0 saturated carbocycles. The van der Waals surface area contributed by atoms with Crippen molar-refractivity contribution in [2.45, 2.75) is 31.0 Å². The summed E-state index contributed by atoms with van der Waals surface area (Å²) in [6, 6.07) is 13.1. The highest BCUT2D eigenvalue weighted by molar-refractivity contribution is 8.01. The smallest absolute Gasteiger partial charge is 0.234 e. The number of carbonyl (C=O) groups excluding carboxylic acids is 1. The molecule has 0 bridgehead atoms. The van der Waals surface area contributed by atoms with Crippen LogP contribution in [0.15, 0.2) is 46.8 Å². The summed E-state index contributed by atoms with van der Waals surface area (Å²) in [5.74, 6) is 0.577. The van der Waals surface area contributed by atoms with E-state index in [9.17, 15) is 13.2 Å². The Morgan fingerprint density at radius 1 is 1.17 bits per heavy atom. The molecular weight excluding hydrogens is 426 g/mol. The number of amides is 1. The summed E-state index contributed by atoms with van der Waals surface area (Å²) in [7, 11) is -3.32. The molecule has 0 saturated heterocycles. The zero-order valence-electron chi connectivity index (χ0n) is 16.4. The van der Waals surface area contributed by atoms with E-state index in [-0.39, 0.29) is 17.4 Å². The third-order valence-electron chi connectivity index (χ3n) is 4.19. The molecule has 0 radical (unpaired) electrons. The number of thiazole rings is 1. The molecule has 0 fully saturated rings. The normalized spacial score (nSPS) is 11.7. The maximum atomic E-state index is 12.3. The number of carbonyl (C=O) groups is 1. The lowest BCUT2D eigenvalue weighted by molar-refractivity contribution is -0.113. The third-order valence-corrected chi connectivity index (χ3v) is 7.65. The Morgan fingerprint density at radius 3 is 2.69 bits per heavy atom. The van der Waals surface area contributed by atoms with Crippen LogP contribution < -0.4 is 10.0 Å². The van der Waals surface area contributed by atoms with Crippen molar-refractivity contribution in [1.29, 1.82) is 0 Å². The number of hydrogen-bond donors (Lipinski definition) is 2. The molecule has 1 amide bonds. The maximum absolute atomic E-state index is 12.3. The second-order valence-electron chi connectivity index (χ2n) is 6.78. The van der Waals surface area contributed by atoms with Gasteiger partial charge in [0.2, 0.25) is 15.9 Å². The Kier molecular flexibility index (Phi) is 6.81. The number of hydrogen-bond acceptors (Lipinski definition) is 6. The zero-order valence-corrected chi connectivity index (χ0v) is 18.9. The standard InChI is InChI=1S/C20H23N3O3S3/c1-4-29(25,26)23-16-8-9-17-18(11-16)28-20(22-17)27-12-19(24)21-15-7-5-6-14(10-15)13(2)3/h5-11,13,23H,4,12H2,1-3H3,(H,21,24). The first kappa shape index (κ1) is 21.6. The van der Waals surface area contributed by atoms with Gasteiger partial charge in [-0.2, -0.15) is 0 Å². The van der Waals surface area contributed by atoms with Crippen molar-refractivity contribution in [2.24, 2.45) is 0 Å². The second-order valence-corrected chi connectivity index (χ2v) is 11.0. The lowest BCUT2D eigenvalue weighted by Crippen LogP contribution is -2.14. The van der Waals surface area contributed by atoms with Crippen molar-refractivity contribution >= 4 is 60.6 Å². The van der Waals surface area contributed by atoms with Crippen molar-refractivity contribution in [1.82, 2.24) is 4.98 Å². The monoisotopic (exact) mass is 449 g/mol. The van der Waals surface area contributed by atoms with E-state index in [0.29, 0.717) is 11.6 Å². The van der Waals surface area contributed by atoms with Crippen molar-refractivity contribution in [3.05, 3.63) is 48.0 Å². The van der Waals surface area contributed by atoms with Gasteiger partial charge in [0.1, 0.15) is 0 Å². The van der Waals surface area contributed by atoms with E-state index in [2.05, 4.69) is 28.9 Å². The van der Waals surface area contributed by atoms with Gasteiger partial charge >= 0.3 is 0 Å². The first-order valence-corrected chi connectivity index (χ1v) is 12.6. The fourth-order valence-corrected chi connectivity index (χ4v) is 5.12. The number of nitrogens with zero attached hydrogens (tertiary/aromatic N) is 1. The average molecular weight is 450 g/mol. The molecule has 9 heteroatoms. The van der Waals surface area contributed by atoms with E-state index in [4.69, 9.17) is 0 Å². The molecule has 0 aliphatic rings. The van der Waals surface area contributed by atoms with Crippen LogP contribution in [0.3, 0.4) is 0 Å².